The Balaban J connectivity index is 1.88. The minimum absolute atomic E-state index is 0.0837. The molecule has 1 aliphatic heterocycles. The number of hydrogen-bond donors (Lipinski definition) is 1. The molecule has 0 aliphatic carbocycles. The van der Waals surface area contributed by atoms with Crippen molar-refractivity contribution in [2.24, 2.45) is 5.92 Å². The van der Waals surface area contributed by atoms with Gasteiger partial charge in [0.25, 0.3) is 0 Å². The van der Waals surface area contributed by atoms with E-state index in [0.29, 0.717) is 17.1 Å². The third kappa shape index (κ3) is 4.37. The standard InChI is InChI=1S/C22H20F2N2O4/c1-3-30-22(29)20-13(2)26(17-10-6-15(24)7-11-17)21(28)18(20)12-19(27)25-16-8-4-14(23)5-9-16/h4-11,18H,3,12H2,1-2H3,(H,25,27)/t18-/m1/s1. The van der Waals surface area contributed by atoms with E-state index in [1.807, 2.05) is 0 Å². The van der Waals surface area contributed by atoms with Crippen LogP contribution in [0.25, 0.3) is 0 Å². The molecule has 0 saturated heterocycles. The fourth-order valence-corrected chi connectivity index (χ4v) is 3.35. The van der Waals surface area contributed by atoms with Crippen molar-refractivity contribution in [3.05, 3.63) is 71.4 Å². The molecule has 0 spiro atoms. The van der Waals surface area contributed by atoms with Gasteiger partial charge in [-0.25, -0.2) is 13.6 Å². The summed E-state index contributed by atoms with van der Waals surface area (Å²) in [5.74, 6) is -3.67. The zero-order valence-electron chi connectivity index (χ0n) is 16.4. The second-order valence-electron chi connectivity index (χ2n) is 6.68. The van der Waals surface area contributed by atoms with Crippen LogP contribution in [0, 0.1) is 17.6 Å². The Morgan fingerprint density at radius 2 is 1.60 bits per heavy atom. The lowest BCUT2D eigenvalue weighted by Crippen LogP contribution is -2.31. The predicted octanol–water partition coefficient (Wildman–Crippen LogP) is 3.79. The smallest absolute Gasteiger partial charge is 0.336 e. The van der Waals surface area contributed by atoms with Gasteiger partial charge in [0.05, 0.1) is 18.1 Å². The van der Waals surface area contributed by atoms with Crippen LogP contribution < -0.4 is 10.2 Å². The summed E-state index contributed by atoms with van der Waals surface area (Å²) in [4.78, 5) is 39.4. The van der Waals surface area contributed by atoms with Crippen molar-refractivity contribution in [2.45, 2.75) is 20.3 Å². The summed E-state index contributed by atoms with van der Waals surface area (Å²) in [5, 5.41) is 2.58. The molecule has 6 nitrogen and oxygen atoms in total. The van der Waals surface area contributed by atoms with Gasteiger partial charge >= 0.3 is 5.97 Å². The molecule has 2 aromatic rings. The number of halogens is 2. The number of allylic oxidation sites excluding steroid dienone is 1. The van der Waals surface area contributed by atoms with Crippen LogP contribution >= 0.6 is 0 Å². The molecule has 1 N–H and O–H groups in total. The fraction of sp³-hybridized carbons (Fsp3) is 0.227. The minimum atomic E-state index is -1.06. The maximum atomic E-state index is 13.3. The maximum absolute atomic E-state index is 13.3. The van der Waals surface area contributed by atoms with Crippen molar-refractivity contribution in [2.75, 3.05) is 16.8 Å². The highest BCUT2D eigenvalue weighted by molar-refractivity contribution is 6.12. The van der Waals surface area contributed by atoms with Crippen molar-refractivity contribution in [3.8, 4) is 0 Å². The van der Waals surface area contributed by atoms with E-state index in [1.54, 1.807) is 13.8 Å². The van der Waals surface area contributed by atoms with Gasteiger partial charge < -0.3 is 10.1 Å². The molecule has 8 heteroatoms. The third-order valence-corrected chi connectivity index (χ3v) is 4.69. The number of carbonyl (C=O) groups is 3. The second kappa shape index (κ2) is 8.86. The fourth-order valence-electron chi connectivity index (χ4n) is 3.35. The van der Waals surface area contributed by atoms with Gasteiger partial charge in [-0.2, -0.15) is 0 Å². The van der Waals surface area contributed by atoms with E-state index >= 15 is 0 Å². The van der Waals surface area contributed by atoms with E-state index < -0.39 is 35.3 Å². The lowest BCUT2D eigenvalue weighted by atomic mass is 9.96. The Bertz CT molecular complexity index is 1000. The summed E-state index contributed by atoms with van der Waals surface area (Å²) < 4.78 is 31.4. The molecule has 1 aliphatic rings. The number of nitrogens with zero attached hydrogens (tertiary/aromatic N) is 1. The molecule has 1 heterocycles. The van der Waals surface area contributed by atoms with Gasteiger partial charge in [-0.05, 0) is 62.4 Å². The molecule has 3 rings (SSSR count). The maximum Gasteiger partial charge on any atom is 0.336 e. The quantitative estimate of drug-likeness (QED) is 0.730. The Morgan fingerprint density at radius 1 is 1.03 bits per heavy atom. The van der Waals surface area contributed by atoms with E-state index in [1.165, 1.54) is 53.4 Å². The number of rotatable bonds is 6. The summed E-state index contributed by atoms with van der Waals surface area (Å²) in [7, 11) is 0. The molecule has 0 saturated carbocycles. The summed E-state index contributed by atoms with van der Waals surface area (Å²) in [6.07, 6.45) is -0.306. The number of hydrogen-bond acceptors (Lipinski definition) is 4. The van der Waals surface area contributed by atoms with Crippen LogP contribution in [0.2, 0.25) is 0 Å². The van der Waals surface area contributed by atoms with Crippen LogP contribution in [0.15, 0.2) is 59.8 Å². The zero-order valence-corrected chi connectivity index (χ0v) is 16.4. The SMILES string of the molecule is CCOC(=O)C1=C(C)N(c2ccc(F)cc2)C(=O)[C@@H]1CC(=O)Nc1ccc(F)cc1. The van der Waals surface area contributed by atoms with Gasteiger partial charge in [-0.1, -0.05) is 0 Å². The summed E-state index contributed by atoms with van der Waals surface area (Å²) in [6.45, 7) is 3.32. The highest BCUT2D eigenvalue weighted by Crippen LogP contribution is 2.36. The van der Waals surface area contributed by atoms with Crippen LogP contribution in [0.3, 0.4) is 0 Å². The first-order chi connectivity index (χ1) is 14.3. The minimum Gasteiger partial charge on any atom is -0.463 e. The highest BCUT2D eigenvalue weighted by Gasteiger charge is 2.43. The van der Waals surface area contributed by atoms with Crippen LogP contribution in [0.5, 0.6) is 0 Å². The molecule has 0 aromatic heterocycles. The molecule has 156 valence electrons. The Labute approximate surface area is 172 Å². The van der Waals surface area contributed by atoms with E-state index in [0.717, 1.165) is 0 Å². The normalized spacial score (nSPS) is 16.1. The summed E-state index contributed by atoms with van der Waals surface area (Å²) in [5.41, 5.74) is 1.15. The van der Waals surface area contributed by atoms with E-state index in [4.69, 9.17) is 4.74 Å². The van der Waals surface area contributed by atoms with Crippen molar-refractivity contribution in [3.63, 3.8) is 0 Å². The monoisotopic (exact) mass is 414 g/mol. The predicted molar refractivity (Wildman–Crippen MR) is 106 cm³/mol. The molecule has 0 bridgehead atoms. The van der Waals surface area contributed by atoms with Gasteiger partial charge in [0.1, 0.15) is 11.6 Å². The number of carbonyl (C=O) groups excluding carboxylic acids is 3. The van der Waals surface area contributed by atoms with E-state index in [2.05, 4.69) is 5.32 Å². The number of amides is 2. The van der Waals surface area contributed by atoms with Gasteiger partial charge in [0.2, 0.25) is 11.8 Å². The van der Waals surface area contributed by atoms with E-state index in [9.17, 15) is 23.2 Å². The van der Waals surface area contributed by atoms with Crippen LogP contribution in [0.1, 0.15) is 20.3 Å². The molecule has 0 radical (unpaired) electrons. The first-order valence-corrected chi connectivity index (χ1v) is 9.34. The molecular weight excluding hydrogens is 394 g/mol. The average Bonchev–Trinajstić information content (AvgIpc) is 2.94. The molecule has 2 aromatic carbocycles. The third-order valence-electron chi connectivity index (χ3n) is 4.69. The number of nitrogens with one attached hydrogen (secondary N) is 1. The Morgan fingerprint density at radius 3 is 2.17 bits per heavy atom. The van der Waals surface area contributed by atoms with Crippen LogP contribution in [0.4, 0.5) is 20.2 Å². The van der Waals surface area contributed by atoms with Gasteiger partial charge in [-0.15, -0.1) is 0 Å². The Hall–Kier alpha value is -3.55. The lowest BCUT2D eigenvalue weighted by molar-refractivity contribution is -0.140. The van der Waals surface area contributed by atoms with Gasteiger partial charge in [0, 0.05) is 23.5 Å². The molecule has 0 fully saturated rings. The van der Waals surface area contributed by atoms with Gasteiger partial charge in [0.15, 0.2) is 0 Å². The molecule has 2 amide bonds. The van der Waals surface area contributed by atoms with Crippen LogP contribution in [-0.4, -0.2) is 24.4 Å². The number of esters is 1. The van der Waals surface area contributed by atoms with Crippen molar-refractivity contribution < 1.29 is 27.9 Å². The van der Waals surface area contributed by atoms with E-state index in [-0.39, 0.29) is 18.6 Å². The first kappa shape index (κ1) is 21.2. The summed E-state index contributed by atoms with van der Waals surface area (Å²) in [6, 6.07) is 10.4. The van der Waals surface area contributed by atoms with Crippen molar-refractivity contribution in [1.82, 2.24) is 0 Å². The molecule has 1 atom stereocenters. The average molecular weight is 414 g/mol. The summed E-state index contributed by atoms with van der Waals surface area (Å²) >= 11 is 0. The topological polar surface area (TPSA) is 75.7 Å². The van der Waals surface area contributed by atoms with Crippen LogP contribution in [-0.2, 0) is 19.1 Å². The number of anilines is 2. The zero-order chi connectivity index (χ0) is 21.8. The Kier molecular flexibility index (Phi) is 6.25. The van der Waals surface area contributed by atoms with Crippen molar-refractivity contribution in [1.29, 1.82) is 0 Å². The largest absolute Gasteiger partial charge is 0.463 e. The highest BCUT2D eigenvalue weighted by atomic mass is 19.1. The van der Waals surface area contributed by atoms with Gasteiger partial charge in [-0.3, -0.25) is 14.5 Å². The lowest BCUT2D eigenvalue weighted by Gasteiger charge is -2.19. The second-order valence-corrected chi connectivity index (χ2v) is 6.68. The first-order valence-electron chi connectivity index (χ1n) is 9.34. The van der Waals surface area contributed by atoms with Crippen molar-refractivity contribution >= 4 is 29.2 Å². The number of ether oxygens (including phenoxy) is 1. The number of benzene rings is 2. The molecule has 30 heavy (non-hydrogen) atoms. The molecule has 0 unspecified atom stereocenters. The molecular formula is C22H20F2N2O4.